The number of unbranched alkanes of at least 4 members (excludes halogenated alkanes) is 3. The van der Waals surface area contributed by atoms with E-state index in [0.717, 1.165) is 58.0 Å². The molecule has 1 N–H and O–H groups in total. The van der Waals surface area contributed by atoms with Crippen LogP contribution in [0.3, 0.4) is 0 Å². The Labute approximate surface area is 126 Å². The highest BCUT2D eigenvalue weighted by atomic mass is 32.2. The maximum absolute atomic E-state index is 12.3. The third-order valence-electron chi connectivity index (χ3n) is 3.35. The van der Waals surface area contributed by atoms with E-state index in [-0.39, 0.29) is 0 Å². The zero-order chi connectivity index (χ0) is 15.3. The lowest BCUT2D eigenvalue weighted by atomic mass is 10.3. The average molecular weight is 307 g/mol. The summed E-state index contributed by atoms with van der Waals surface area (Å²) >= 11 is 0. The van der Waals surface area contributed by atoms with Crippen molar-refractivity contribution in [2.75, 3.05) is 31.9 Å². The molecule has 0 heterocycles. The minimum atomic E-state index is -3.05. The van der Waals surface area contributed by atoms with Crippen molar-refractivity contribution in [3.63, 3.8) is 0 Å². The van der Waals surface area contributed by atoms with E-state index in [0.29, 0.717) is 18.8 Å². The van der Waals surface area contributed by atoms with Crippen LogP contribution in [0.15, 0.2) is 0 Å². The summed E-state index contributed by atoms with van der Waals surface area (Å²) in [5.74, 6) is 0.300. The van der Waals surface area contributed by atoms with Crippen LogP contribution >= 0.6 is 0 Å². The first-order valence-corrected chi connectivity index (χ1v) is 9.87. The van der Waals surface area contributed by atoms with Crippen molar-refractivity contribution in [2.45, 2.75) is 65.7 Å². The van der Waals surface area contributed by atoms with E-state index < -0.39 is 10.0 Å². The predicted molar refractivity (Wildman–Crippen MR) is 87.6 cm³/mol. The van der Waals surface area contributed by atoms with Crippen molar-refractivity contribution in [1.29, 1.82) is 0 Å². The molecular formula is C15H34N2O2S. The largest absolute Gasteiger partial charge is 0.317 e. The van der Waals surface area contributed by atoms with E-state index in [1.54, 1.807) is 4.31 Å². The lowest BCUT2D eigenvalue weighted by molar-refractivity contribution is 0.394. The second-order valence-electron chi connectivity index (χ2n) is 5.38. The summed E-state index contributed by atoms with van der Waals surface area (Å²) in [5, 5.41) is 3.31. The highest BCUT2D eigenvalue weighted by Crippen LogP contribution is 2.09. The van der Waals surface area contributed by atoms with Gasteiger partial charge in [0.15, 0.2) is 0 Å². The van der Waals surface area contributed by atoms with Gasteiger partial charge in [-0.05, 0) is 45.2 Å². The molecule has 0 rings (SSSR count). The molecule has 5 heteroatoms. The molecule has 0 aromatic carbocycles. The van der Waals surface area contributed by atoms with Gasteiger partial charge in [-0.25, -0.2) is 12.7 Å². The summed E-state index contributed by atoms with van der Waals surface area (Å²) in [6.45, 7) is 9.66. The van der Waals surface area contributed by atoms with Crippen LogP contribution in [0.4, 0.5) is 0 Å². The van der Waals surface area contributed by atoms with Crippen molar-refractivity contribution >= 4 is 10.0 Å². The Morgan fingerprint density at radius 3 is 1.90 bits per heavy atom. The second kappa shape index (κ2) is 12.6. The Hall–Kier alpha value is -0.130. The molecule has 4 nitrogen and oxygen atoms in total. The molecule has 20 heavy (non-hydrogen) atoms. The van der Waals surface area contributed by atoms with Crippen molar-refractivity contribution in [2.24, 2.45) is 0 Å². The van der Waals surface area contributed by atoms with Gasteiger partial charge in [-0.15, -0.1) is 0 Å². The molecule has 0 spiro atoms. The van der Waals surface area contributed by atoms with Crippen molar-refractivity contribution in [1.82, 2.24) is 9.62 Å². The summed E-state index contributed by atoms with van der Waals surface area (Å²) < 4.78 is 26.4. The molecule has 0 aromatic heterocycles. The van der Waals surface area contributed by atoms with Gasteiger partial charge in [0, 0.05) is 13.1 Å². The van der Waals surface area contributed by atoms with Crippen LogP contribution in [0.5, 0.6) is 0 Å². The molecule has 0 saturated carbocycles. The van der Waals surface area contributed by atoms with E-state index in [1.165, 1.54) is 0 Å². The van der Waals surface area contributed by atoms with Gasteiger partial charge in [0.05, 0.1) is 5.75 Å². The summed E-state index contributed by atoms with van der Waals surface area (Å²) in [7, 11) is -3.05. The Balaban J connectivity index is 4.10. The highest BCUT2D eigenvalue weighted by Gasteiger charge is 2.20. The quantitative estimate of drug-likeness (QED) is 0.502. The van der Waals surface area contributed by atoms with Crippen LogP contribution in [0.2, 0.25) is 0 Å². The van der Waals surface area contributed by atoms with Crippen LogP contribution in [0.25, 0.3) is 0 Å². The van der Waals surface area contributed by atoms with Gasteiger partial charge in [0.2, 0.25) is 10.0 Å². The standard InChI is InChI=1S/C15H34N2O2S/c1-4-7-13-17(14-8-5-2)20(18,19)15-10-9-12-16-11-6-3/h16H,4-15H2,1-3H3. The fourth-order valence-electron chi connectivity index (χ4n) is 2.02. The molecule has 122 valence electrons. The van der Waals surface area contributed by atoms with Gasteiger partial charge >= 0.3 is 0 Å². The van der Waals surface area contributed by atoms with Gasteiger partial charge in [0.25, 0.3) is 0 Å². The monoisotopic (exact) mass is 306 g/mol. The molecule has 0 saturated heterocycles. The van der Waals surface area contributed by atoms with Crippen molar-refractivity contribution < 1.29 is 8.42 Å². The minimum Gasteiger partial charge on any atom is -0.317 e. The first-order chi connectivity index (χ1) is 9.58. The van der Waals surface area contributed by atoms with E-state index >= 15 is 0 Å². The van der Waals surface area contributed by atoms with Crippen LogP contribution in [-0.4, -0.2) is 44.7 Å². The Morgan fingerprint density at radius 2 is 1.40 bits per heavy atom. The van der Waals surface area contributed by atoms with Crippen LogP contribution in [0.1, 0.15) is 65.7 Å². The Kier molecular flexibility index (Phi) is 12.5. The van der Waals surface area contributed by atoms with Gasteiger partial charge < -0.3 is 5.32 Å². The molecule has 0 aliphatic heterocycles. The maximum Gasteiger partial charge on any atom is 0.214 e. The third-order valence-corrected chi connectivity index (χ3v) is 5.30. The lowest BCUT2D eigenvalue weighted by Crippen LogP contribution is -2.35. The molecule has 0 bridgehead atoms. The first kappa shape index (κ1) is 19.9. The Bertz CT molecular complexity index is 297. The molecule has 0 amide bonds. The number of nitrogens with one attached hydrogen (secondary N) is 1. The summed E-state index contributed by atoms with van der Waals surface area (Å²) in [6.07, 6.45) is 6.82. The smallest absolute Gasteiger partial charge is 0.214 e. The van der Waals surface area contributed by atoms with Crippen molar-refractivity contribution in [3.05, 3.63) is 0 Å². The van der Waals surface area contributed by atoms with E-state index in [2.05, 4.69) is 26.1 Å². The molecular weight excluding hydrogens is 272 g/mol. The van der Waals surface area contributed by atoms with E-state index in [1.807, 2.05) is 0 Å². The first-order valence-electron chi connectivity index (χ1n) is 8.27. The van der Waals surface area contributed by atoms with Gasteiger partial charge in [-0.2, -0.15) is 0 Å². The molecule has 0 fully saturated rings. The van der Waals surface area contributed by atoms with Crippen LogP contribution < -0.4 is 5.32 Å². The van der Waals surface area contributed by atoms with E-state index in [9.17, 15) is 8.42 Å². The van der Waals surface area contributed by atoms with E-state index in [4.69, 9.17) is 0 Å². The minimum absolute atomic E-state index is 0.300. The molecule has 0 unspecified atom stereocenters. The fourth-order valence-corrected chi connectivity index (χ4v) is 3.67. The van der Waals surface area contributed by atoms with Gasteiger partial charge in [-0.1, -0.05) is 33.6 Å². The molecule has 0 aromatic rings. The average Bonchev–Trinajstić information content (AvgIpc) is 2.42. The SMILES string of the molecule is CCCCN(CCCC)S(=O)(=O)CCCCNCCC. The zero-order valence-electron chi connectivity index (χ0n) is 13.7. The summed E-state index contributed by atoms with van der Waals surface area (Å²) in [6, 6.07) is 0. The molecule has 0 aliphatic rings. The Morgan fingerprint density at radius 1 is 0.800 bits per heavy atom. The zero-order valence-corrected chi connectivity index (χ0v) is 14.5. The van der Waals surface area contributed by atoms with Gasteiger partial charge in [0.1, 0.15) is 0 Å². The summed E-state index contributed by atoms with van der Waals surface area (Å²) in [5.41, 5.74) is 0. The number of rotatable bonds is 14. The van der Waals surface area contributed by atoms with Crippen LogP contribution in [-0.2, 0) is 10.0 Å². The maximum atomic E-state index is 12.3. The fraction of sp³-hybridized carbons (Fsp3) is 1.00. The molecule has 0 aliphatic carbocycles. The predicted octanol–water partition coefficient (Wildman–Crippen LogP) is 3.00. The molecule has 0 atom stereocenters. The normalized spacial score (nSPS) is 12.2. The lowest BCUT2D eigenvalue weighted by Gasteiger charge is -2.21. The van der Waals surface area contributed by atoms with Crippen LogP contribution in [0, 0.1) is 0 Å². The van der Waals surface area contributed by atoms with Crippen molar-refractivity contribution in [3.8, 4) is 0 Å². The molecule has 0 radical (unpaired) electrons. The topological polar surface area (TPSA) is 49.4 Å². The number of hydrogen-bond donors (Lipinski definition) is 1. The number of nitrogens with zero attached hydrogens (tertiary/aromatic N) is 1. The van der Waals surface area contributed by atoms with Gasteiger partial charge in [-0.3, -0.25) is 0 Å². The second-order valence-corrected chi connectivity index (χ2v) is 7.47. The number of sulfonamides is 1. The highest BCUT2D eigenvalue weighted by molar-refractivity contribution is 7.89. The number of hydrogen-bond acceptors (Lipinski definition) is 3. The third kappa shape index (κ3) is 9.72. The summed E-state index contributed by atoms with van der Waals surface area (Å²) in [4.78, 5) is 0.